The molecule has 3 heteroatoms. The topological polar surface area (TPSA) is 28.2 Å². The number of likely N-dealkylation sites (tertiary alicyclic amines) is 1. The minimum absolute atomic E-state index is 0.889. The van der Waals surface area contributed by atoms with Gasteiger partial charge in [0, 0.05) is 18.9 Å². The molecule has 1 aromatic rings. The van der Waals surface area contributed by atoms with Gasteiger partial charge < -0.3 is 10.2 Å². The van der Waals surface area contributed by atoms with Gasteiger partial charge in [0.15, 0.2) is 0 Å². The van der Waals surface area contributed by atoms with Crippen LogP contribution in [0.2, 0.25) is 0 Å². The number of rotatable bonds is 6. The highest BCUT2D eigenvalue weighted by Crippen LogP contribution is 2.16. The van der Waals surface area contributed by atoms with E-state index in [4.69, 9.17) is 0 Å². The number of aromatic nitrogens is 1. The molecular weight excluding hydrogens is 222 g/mol. The molecule has 0 radical (unpaired) electrons. The molecule has 2 heterocycles. The number of nitrogens with zero attached hydrogens (tertiary/aromatic N) is 2. The molecular formula is C15H25N3. The lowest BCUT2D eigenvalue weighted by molar-refractivity contribution is 0.184. The van der Waals surface area contributed by atoms with Gasteiger partial charge in [-0.1, -0.05) is 13.0 Å². The Labute approximate surface area is 111 Å². The Morgan fingerprint density at radius 3 is 2.89 bits per heavy atom. The van der Waals surface area contributed by atoms with Crippen molar-refractivity contribution in [2.24, 2.45) is 5.92 Å². The monoisotopic (exact) mass is 247 g/mol. The molecule has 0 saturated carbocycles. The van der Waals surface area contributed by atoms with Gasteiger partial charge in [0.05, 0.1) is 0 Å². The summed E-state index contributed by atoms with van der Waals surface area (Å²) in [4.78, 5) is 6.76. The second kappa shape index (κ2) is 7.49. The third-order valence-corrected chi connectivity index (χ3v) is 3.83. The molecule has 1 saturated heterocycles. The van der Waals surface area contributed by atoms with Crippen LogP contribution in [0.3, 0.4) is 0 Å². The van der Waals surface area contributed by atoms with Crippen molar-refractivity contribution >= 4 is 0 Å². The van der Waals surface area contributed by atoms with E-state index in [9.17, 15) is 0 Å². The average Bonchev–Trinajstić information content (AvgIpc) is 2.45. The molecule has 18 heavy (non-hydrogen) atoms. The Hall–Kier alpha value is -0.930. The first-order chi connectivity index (χ1) is 8.88. The van der Waals surface area contributed by atoms with Crippen molar-refractivity contribution in [1.29, 1.82) is 0 Å². The van der Waals surface area contributed by atoms with E-state index < -0.39 is 0 Å². The fraction of sp³-hybridized carbons (Fsp3) is 0.667. The van der Waals surface area contributed by atoms with Crippen molar-refractivity contribution in [3.05, 3.63) is 30.1 Å². The summed E-state index contributed by atoms with van der Waals surface area (Å²) in [6, 6.07) is 4.20. The van der Waals surface area contributed by atoms with Crippen LogP contribution in [0.15, 0.2) is 24.5 Å². The van der Waals surface area contributed by atoms with Gasteiger partial charge >= 0.3 is 0 Å². The van der Waals surface area contributed by atoms with E-state index >= 15 is 0 Å². The third kappa shape index (κ3) is 4.39. The Morgan fingerprint density at radius 2 is 2.22 bits per heavy atom. The molecule has 3 nitrogen and oxygen atoms in total. The van der Waals surface area contributed by atoms with E-state index in [1.807, 2.05) is 18.5 Å². The van der Waals surface area contributed by atoms with Gasteiger partial charge in [-0.2, -0.15) is 0 Å². The van der Waals surface area contributed by atoms with Gasteiger partial charge in [-0.3, -0.25) is 4.98 Å². The number of hydrogen-bond acceptors (Lipinski definition) is 3. The molecule has 2 rings (SSSR count). The van der Waals surface area contributed by atoms with E-state index in [1.54, 1.807) is 0 Å². The predicted octanol–water partition coefficient (Wildman–Crippen LogP) is 1.95. The first-order valence-corrected chi connectivity index (χ1v) is 7.20. The first-order valence-electron chi connectivity index (χ1n) is 7.20. The summed E-state index contributed by atoms with van der Waals surface area (Å²) < 4.78 is 0. The number of pyridine rings is 1. The maximum atomic E-state index is 4.17. The molecule has 0 aliphatic carbocycles. The lowest BCUT2D eigenvalue weighted by Gasteiger charge is -2.32. The summed E-state index contributed by atoms with van der Waals surface area (Å²) in [6.45, 7) is 8.18. The van der Waals surface area contributed by atoms with Crippen molar-refractivity contribution in [3.8, 4) is 0 Å². The fourth-order valence-corrected chi connectivity index (χ4v) is 2.60. The fourth-order valence-electron chi connectivity index (χ4n) is 2.60. The largest absolute Gasteiger partial charge is 0.317 e. The standard InChI is InChI=1S/C15H25N3/c1-2-16-12-15-6-10-18(11-7-15)9-5-14-4-3-8-17-13-14/h3-4,8,13,15-16H,2,5-7,9-12H2,1H3. The molecule has 0 bridgehead atoms. The SMILES string of the molecule is CCNCC1CCN(CCc2cccnc2)CC1. The Morgan fingerprint density at radius 1 is 1.39 bits per heavy atom. The van der Waals surface area contributed by atoms with Crippen LogP contribution in [0.4, 0.5) is 0 Å². The average molecular weight is 247 g/mol. The van der Waals surface area contributed by atoms with E-state index in [0.717, 1.165) is 18.9 Å². The van der Waals surface area contributed by atoms with Crippen molar-refractivity contribution in [2.45, 2.75) is 26.2 Å². The van der Waals surface area contributed by atoms with Crippen molar-refractivity contribution in [3.63, 3.8) is 0 Å². The van der Waals surface area contributed by atoms with E-state index in [2.05, 4.69) is 28.2 Å². The highest BCUT2D eigenvalue weighted by atomic mass is 15.1. The zero-order chi connectivity index (χ0) is 12.6. The number of piperidine rings is 1. The second-order valence-electron chi connectivity index (χ2n) is 5.20. The minimum Gasteiger partial charge on any atom is -0.317 e. The second-order valence-corrected chi connectivity index (χ2v) is 5.20. The summed E-state index contributed by atoms with van der Waals surface area (Å²) in [7, 11) is 0. The summed E-state index contributed by atoms with van der Waals surface area (Å²) in [5, 5.41) is 3.46. The quantitative estimate of drug-likeness (QED) is 0.833. The molecule has 0 unspecified atom stereocenters. The molecule has 0 atom stereocenters. The van der Waals surface area contributed by atoms with Gasteiger partial charge in [-0.15, -0.1) is 0 Å². The van der Waals surface area contributed by atoms with Gasteiger partial charge in [0.1, 0.15) is 0 Å². The van der Waals surface area contributed by atoms with Crippen LogP contribution in [0, 0.1) is 5.92 Å². The Balaban J connectivity index is 1.65. The Kier molecular flexibility index (Phi) is 5.62. The summed E-state index contributed by atoms with van der Waals surface area (Å²) in [6.07, 6.45) is 7.65. The molecule has 0 aromatic carbocycles. The molecule has 0 spiro atoms. The van der Waals surface area contributed by atoms with Crippen molar-refractivity contribution in [2.75, 3.05) is 32.7 Å². The summed E-state index contributed by atoms with van der Waals surface area (Å²) in [5.41, 5.74) is 1.35. The number of nitrogens with one attached hydrogen (secondary N) is 1. The minimum atomic E-state index is 0.889. The van der Waals surface area contributed by atoms with E-state index in [0.29, 0.717) is 0 Å². The van der Waals surface area contributed by atoms with Gasteiger partial charge in [0.25, 0.3) is 0 Å². The predicted molar refractivity (Wildman–Crippen MR) is 75.6 cm³/mol. The van der Waals surface area contributed by atoms with Crippen LogP contribution in [-0.2, 0) is 6.42 Å². The molecule has 100 valence electrons. The normalized spacial score (nSPS) is 18.1. The van der Waals surface area contributed by atoms with Crippen LogP contribution < -0.4 is 5.32 Å². The van der Waals surface area contributed by atoms with E-state index in [-0.39, 0.29) is 0 Å². The van der Waals surface area contributed by atoms with Crippen molar-refractivity contribution < 1.29 is 0 Å². The van der Waals surface area contributed by atoms with Crippen LogP contribution in [0.25, 0.3) is 0 Å². The van der Waals surface area contributed by atoms with Crippen LogP contribution in [0.5, 0.6) is 0 Å². The van der Waals surface area contributed by atoms with Crippen LogP contribution in [-0.4, -0.2) is 42.6 Å². The van der Waals surface area contributed by atoms with Gasteiger partial charge in [-0.05, 0) is 63.0 Å². The first kappa shape index (κ1) is 13.5. The molecule has 1 aliphatic heterocycles. The number of hydrogen-bond donors (Lipinski definition) is 1. The summed E-state index contributed by atoms with van der Waals surface area (Å²) in [5.74, 6) is 0.889. The zero-order valence-electron chi connectivity index (χ0n) is 11.4. The van der Waals surface area contributed by atoms with E-state index in [1.165, 1.54) is 44.6 Å². The molecule has 1 fully saturated rings. The maximum Gasteiger partial charge on any atom is 0.0300 e. The lowest BCUT2D eigenvalue weighted by Crippen LogP contribution is -2.38. The lowest BCUT2D eigenvalue weighted by atomic mass is 9.96. The maximum absolute atomic E-state index is 4.17. The Bertz CT molecular complexity index is 318. The smallest absolute Gasteiger partial charge is 0.0300 e. The van der Waals surface area contributed by atoms with Crippen LogP contribution in [0.1, 0.15) is 25.3 Å². The van der Waals surface area contributed by atoms with Gasteiger partial charge in [-0.25, -0.2) is 0 Å². The van der Waals surface area contributed by atoms with Crippen LogP contribution >= 0.6 is 0 Å². The van der Waals surface area contributed by atoms with Crippen molar-refractivity contribution in [1.82, 2.24) is 15.2 Å². The highest BCUT2D eigenvalue weighted by Gasteiger charge is 2.18. The molecule has 1 aliphatic rings. The third-order valence-electron chi connectivity index (χ3n) is 3.83. The molecule has 0 amide bonds. The summed E-state index contributed by atoms with van der Waals surface area (Å²) >= 11 is 0. The zero-order valence-corrected chi connectivity index (χ0v) is 11.4. The van der Waals surface area contributed by atoms with Gasteiger partial charge in [0.2, 0.25) is 0 Å². The molecule has 1 aromatic heterocycles. The molecule has 1 N–H and O–H groups in total. The highest BCUT2D eigenvalue weighted by molar-refractivity contribution is 5.08.